The Morgan fingerprint density at radius 1 is 1.42 bits per heavy atom. The molecule has 0 spiro atoms. The number of hydrogen-bond donors (Lipinski definition) is 1. The highest BCUT2D eigenvalue weighted by Crippen LogP contribution is 2.19. The third-order valence-corrected chi connectivity index (χ3v) is 5.42. The molecule has 0 radical (unpaired) electrons. The number of nitrogens with zero attached hydrogens (tertiary/aromatic N) is 4. The molecule has 0 saturated carbocycles. The Bertz CT molecular complexity index is 580. The van der Waals surface area contributed by atoms with Crippen molar-refractivity contribution in [1.82, 2.24) is 19.4 Å². The van der Waals surface area contributed by atoms with Crippen LogP contribution in [0.25, 0.3) is 0 Å². The van der Waals surface area contributed by atoms with Gasteiger partial charge >= 0.3 is 0 Å². The maximum atomic E-state index is 12.4. The average molecular weight is 283 g/mol. The number of H-pyrrole nitrogens is 1. The normalized spacial score (nSPS) is 20.1. The lowest BCUT2D eigenvalue weighted by Crippen LogP contribution is -2.50. The first kappa shape index (κ1) is 14.0. The van der Waals surface area contributed by atoms with E-state index in [2.05, 4.69) is 16.3 Å². The minimum Gasteiger partial charge on any atom is -0.286 e. The van der Waals surface area contributed by atoms with Crippen LogP contribution in [0, 0.1) is 18.3 Å². The Labute approximate surface area is 112 Å². The lowest BCUT2D eigenvalue weighted by Gasteiger charge is -2.34. The molecule has 1 unspecified atom stereocenters. The third-order valence-electron chi connectivity index (χ3n) is 3.41. The van der Waals surface area contributed by atoms with Gasteiger partial charge in [0.25, 0.3) is 0 Å². The molecule has 0 aromatic carbocycles. The first-order valence-electron chi connectivity index (χ1n) is 6.10. The molecule has 1 aromatic rings. The molecule has 0 aliphatic carbocycles. The number of sulfonamides is 1. The number of nitriles is 1. The van der Waals surface area contributed by atoms with Crippen LogP contribution >= 0.6 is 0 Å². The van der Waals surface area contributed by atoms with Crippen molar-refractivity contribution in [2.75, 3.05) is 26.2 Å². The summed E-state index contributed by atoms with van der Waals surface area (Å²) in [5.41, 5.74) is 0.549. The molecule has 0 amide bonds. The van der Waals surface area contributed by atoms with Crippen molar-refractivity contribution in [2.24, 2.45) is 0 Å². The van der Waals surface area contributed by atoms with Gasteiger partial charge in [-0.2, -0.15) is 14.7 Å². The fraction of sp³-hybridized carbons (Fsp3) is 0.636. The van der Waals surface area contributed by atoms with Crippen molar-refractivity contribution in [2.45, 2.75) is 24.8 Å². The quantitative estimate of drug-likeness (QED) is 0.838. The number of aryl methyl sites for hydroxylation is 1. The molecule has 8 heteroatoms. The Morgan fingerprint density at radius 2 is 2.05 bits per heavy atom. The van der Waals surface area contributed by atoms with Crippen molar-refractivity contribution in [3.05, 3.63) is 11.9 Å². The summed E-state index contributed by atoms with van der Waals surface area (Å²) in [6.07, 6.45) is 1.34. The zero-order valence-corrected chi connectivity index (χ0v) is 11.8. The van der Waals surface area contributed by atoms with Gasteiger partial charge in [-0.15, -0.1) is 0 Å². The van der Waals surface area contributed by atoms with Gasteiger partial charge in [-0.25, -0.2) is 8.42 Å². The zero-order chi connectivity index (χ0) is 14.0. The van der Waals surface area contributed by atoms with E-state index < -0.39 is 10.0 Å². The molecular formula is C11H17N5O2S. The van der Waals surface area contributed by atoms with E-state index in [0.29, 0.717) is 31.9 Å². The lowest BCUT2D eigenvalue weighted by atomic mass is 10.2. The number of aromatic nitrogens is 2. The number of rotatable bonds is 3. The van der Waals surface area contributed by atoms with Crippen molar-refractivity contribution >= 4 is 10.0 Å². The van der Waals surface area contributed by atoms with Gasteiger partial charge in [-0.3, -0.25) is 10.00 Å². The maximum absolute atomic E-state index is 12.4. The molecule has 1 fully saturated rings. The smallest absolute Gasteiger partial charge is 0.246 e. The molecule has 104 valence electrons. The molecule has 1 aromatic heterocycles. The molecule has 7 nitrogen and oxygen atoms in total. The Hall–Kier alpha value is -1.43. The summed E-state index contributed by atoms with van der Waals surface area (Å²) in [6.45, 7) is 5.46. The molecule has 0 bridgehead atoms. The molecule has 1 aliphatic rings. The van der Waals surface area contributed by atoms with E-state index in [1.165, 1.54) is 10.5 Å². The summed E-state index contributed by atoms with van der Waals surface area (Å²) in [4.78, 5) is 2.21. The van der Waals surface area contributed by atoms with Crippen molar-refractivity contribution in [3.63, 3.8) is 0 Å². The van der Waals surface area contributed by atoms with Crippen LogP contribution in [0.4, 0.5) is 0 Å². The zero-order valence-electron chi connectivity index (χ0n) is 11.0. The summed E-state index contributed by atoms with van der Waals surface area (Å²) >= 11 is 0. The predicted octanol–water partition coefficient (Wildman–Crippen LogP) is -0.0635. The van der Waals surface area contributed by atoms with Crippen molar-refractivity contribution < 1.29 is 8.42 Å². The highest BCUT2D eigenvalue weighted by Gasteiger charge is 2.31. The monoisotopic (exact) mass is 283 g/mol. The van der Waals surface area contributed by atoms with E-state index in [9.17, 15) is 8.42 Å². The van der Waals surface area contributed by atoms with Crippen LogP contribution in [0.1, 0.15) is 12.6 Å². The van der Waals surface area contributed by atoms with E-state index in [0.717, 1.165) is 0 Å². The molecule has 1 saturated heterocycles. The van der Waals surface area contributed by atoms with Gasteiger partial charge in [-0.05, 0) is 13.8 Å². The molecule has 1 atom stereocenters. The number of aromatic amines is 1. The van der Waals surface area contributed by atoms with Crippen molar-refractivity contribution in [3.8, 4) is 6.07 Å². The minimum atomic E-state index is -3.48. The van der Waals surface area contributed by atoms with Crippen LogP contribution in [-0.2, 0) is 10.0 Å². The summed E-state index contributed by atoms with van der Waals surface area (Å²) in [6, 6.07) is 1.99. The van der Waals surface area contributed by atoms with Crippen LogP contribution in [0.3, 0.4) is 0 Å². The van der Waals surface area contributed by atoms with E-state index in [4.69, 9.17) is 5.26 Å². The Morgan fingerprint density at radius 3 is 2.53 bits per heavy atom. The summed E-state index contributed by atoms with van der Waals surface area (Å²) in [7, 11) is -3.48. The average Bonchev–Trinajstić information content (AvgIpc) is 2.85. The van der Waals surface area contributed by atoms with Gasteiger partial charge in [0, 0.05) is 26.2 Å². The van der Waals surface area contributed by atoms with Gasteiger partial charge in [0.15, 0.2) is 0 Å². The Balaban J connectivity index is 2.10. The van der Waals surface area contributed by atoms with Gasteiger partial charge in [0.2, 0.25) is 10.0 Å². The largest absolute Gasteiger partial charge is 0.286 e. The fourth-order valence-corrected chi connectivity index (χ4v) is 3.69. The van der Waals surface area contributed by atoms with E-state index >= 15 is 0 Å². The maximum Gasteiger partial charge on any atom is 0.246 e. The minimum absolute atomic E-state index is 0.180. The molecular weight excluding hydrogens is 266 g/mol. The van der Waals surface area contributed by atoms with Gasteiger partial charge in [-0.1, -0.05) is 0 Å². The highest BCUT2D eigenvalue weighted by molar-refractivity contribution is 7.89. The second kappa shape index (κ2) is 5.28. The molecule has 2 heterocycles. The standard InChI is InChI=1S/C11H17N5O2S/c1-9(7-12)15-3-5-16(6-4-15)19(17,18)11-8-13-14-10(11)2/h8-9H,3-6H2,1-2H3,(H,13,14). The molecule has 1 N–H and O–H groups in total. The lowest BCUT2D eigenvalue weighted by molar-refractivity contribution is 0.169. The number of nitrogens with one attached hydrogen (secondary N) is 1. The second-order valence-electron chi connectivity index (χ2n) is 4.60. The van der Waals surface area contributed by atoms with Gasteiger partial charge in [0.05, 0.1) is 24.0 Å². The third kappa shape index (κ3) is 2.63. The predicted molar refractivity (Wildman–Crippen MR) is 68.7 cm³/mol. The second-order valence-corrected chi connectivity index (χ2v) is 6.51. The van der Waals surface area contributed by atoms with Crippen LogP contribution in [-0.4, -0.2) is 60.0 Å². The SMILES string of the molecule is Cc1[nH]ncc1S(=O)(=O)N1CCN(C(C)C#N)CC1. The summed E-state index contributed by atoms with van der Waals surface area (Å²) in [5, 5.41) is 15.3. The van der Waals surface area contributed by atoms with Crippen LogP contribution in [0.15, 0.2) is 11.1 Å². The van der Waals surface area contributed by atoms with E-state index in [1.54, 1.807) is 6.92 Å². The van der Waals surface area contributed by atoms with Gasteiger partial charge < -0.3 is 0 Å². The van der Waals surface area contributed by atoms with Gasteiger partial charge in [0.1, 0.15) is 4.90 Å². The summed E-state index contributed by atoms with van der Waals surface area (Å²) < 4.78 is 26.2. The highest BCUT2D eigenvalue weighted by atomic mass is 32.2. The van der Waals surface area contributed by atoms with Crippen LogP contribution in [0.5, 0.6) is 0 Å². The first-order valence-corrected chi connectivity index (χ1v) is 7.54. The van der Waals surface area contributed by atoms with Crippen molar-refractivity contribution in [1.29, 1.82) is 5.26 Å². The molecule has 2 rings (SSSR count). The van der Waals surface area contributed by atoms with E-state index in [1.807, 2.05) is 11.8 Å². The van der Waals surface area contributed by atoms with Crippen LogP contribution in [0.2, 0.25) is 0 Å². The molecule has 19 heavy (non-hydrogen) atoms. The van der Waals surface area contributed by atoms with E-state index in [-0.39, 0.29) is 10.9 Å². The first-order chi connectivity index (χ1) is 8.96. The topological polar surface area (TPSA) is 93.1 Å². The Kier molecular flexibility index (Phi) is 3.89. The number of hydrogen-bond acceptors (Lipinski definition) is 5. The van der Waals surface area contributed by atoms with Crippen LogP contribution < -0.4 is 0 Å². The summed E-state index contributed by atoms with van der Waals surface area (Å²) in [5.74, 6) is 0. The fourth-order valence-electron chi connectivity index (χ4n) is 2.15. The number of piperazine rings is 1. The molecule has 1 aliphatic heterocycles.